The van der Waals surface area contributed by atoms with Gasteiger partial charge in [-0.1, -0.05) is 24.1 Å². The molecule has 6 rings (SSSR count). The number of fused-ring (bicyclic) bond motifs is 2. The lowest BCUT2D eigenvalue weighted by molar-refractivity contribution is -0.127. The van der Waals surface area contributed by atoms with Gasteiger partial charge in [-0.2, -0.15) is 0 Å². The maximum Gasteiger partial charge on any atom is 0.299 e. The molecule has 1 saturated heterocycles. The molecule has 2 aliphatic rings. The number of benzene rings is 1. The number of carbonyl (C=O) groups excluding carboxylic acids is 2. The van der Waals surface area contributed by atoms with Crippen molar-refractivity contribution >= 4 is 29.0 Å². The molecular weight excluding hydrogens is 454 g/mol. The molecule has 0 bridgehead atoms. The fourth-order valence-electron chi connectivity index (χ4n) is 5.30. The number of pyridine rings is 1. The van der Waals surface area contributed by atoms with Crippen molar-refractivity contribution in [1.82, 2.24) is 24.3 Å². The van der Waals surface area contributed by atoms with Crippen molar-refractivity contribution in [3.63, 3.8) is 0 Å². The summed E-state index contributed by atoms with van der Waals surface area (Å²) in [5, 5.41) is 2.79. The van der Waals surface area contributed by atoms with Crippen LogP contribution in [-0.2, 0) is 10.3 Å². The van der Waals surface area contributed by atoms with Crippen molar-refractivity contribution in [2.45, 2.75) is 25.3 Å². The molecule has 36 heavy (non-hydrogen) atoms. The van der Waals surface area contributed by atoms with Crippen LogP contribution in [0, 0.1) is 17.8 Å². The highest BCUT2D eigenvalue weighted by molar-refractivity contribution is 6.04. The Balaban J connectivity index is 1.39. The summed E-state index contributed by atoms with van der Waals surface area (Å²) in [6.07, 6.45) is 6.86. The van der Waals surface area contributed by atoms with Gasteiger partial charge in [0.25, 0.3) is 11.8 Å². The van der Waals surface area contributed by atoms with Crippen LogP contribution in [0.3, 0.4) is 0 Å². The Hall–Kier alpha value is -4.71. The number of carbonyl (C=O) groups is 2. The first-order valence-electron chi connectivity index (χ1n) is 11.7. The summed E-state index contributed by atoms with van der Waals surface area (Å²) in [5.41, 5.74) is 8.46. The monoisotopic (exact) mass is 477 g/mol. The third-order valence-electron chi connectivity index (χ3n) is 7.03. The molecule has 9 heteroatoms. The average molecular weight is 478 g/mol. The number of amides is 2. The van der Waals surface area contributed by atoms with Crippen LogP contribution < -0.4 is 11.1 Å². The number of nitrogens with one attached hydrogen (secondary N) is 1. The zero-order chi connectivity index (χ0) is 24.9. The minimum atomic E-state index is -0.488. The third-order valence-corrected chi connectivity index (χ3v) is 7.03. The molecule has 3 N–H and O–H groups in total. The largest absolute Gasteiger partial charge is 0.382 e. The zero-order valence-corrected chi connectivity index (χ0v) is 19.6. The van der Waals surface area contributed by atoms with E-state index in [1.807, 2.05) is 33.7 Å². The fraction of sp³-hybridized carbons (Fsp3) is 0.222. The molecule has 1 aromatic carbocycles. The van der Waals surface area contributed by atoms with E-state index in [1.165, 1.54) is 0 Å². The second kappa shape index (κ2) is 8.20. The van der Waals surface area contributed by atoms with E-state index in [0.29, 0.717) is 40.9 Å². The highest BCUT2D eigenvalue weighted by atomic mass is 16.2. The molecule has 1 saturated carbocycles. The van der Waals surface area contributed by atoms with Gasteiger partial charge < -0.3 is 16.0 Å². The van der Waals surface area contributed by atoms with Crippen LogP contribution in [0.25, 0.3) is 16.8 Å². The number of aromatic nitrogens is 4. The number of rotatable bonds is 4. The third kappa shape index (κ3) is 3.30. The first kappa shape index (κ1) is 21.8. The Morgan fingerprint density at radius 1 is 1.14 bits per heavy atom. The van der Waals surface area contributed by atoms with E-state index in [2.05, 4.69) is 27.1 Å². The van der Waals surface area contributed by atoms with Crippen LogP contribution in [0.5, 0.6) is 0 Å². The molecular formula is C27H23N7O2. The Bertz CT molecular complexity index is 1570. The predicted octanol–water partition coefficient (Wildman–Crippen LogP) is 3.10. The molecule has 2 unspecified atom stereocenters. The van der Waals surface area contributed by atoms with Crippen molar-refractivity contribution in [3.05, 3.63) is 72.4 Å². The molecule has 2 amide bonds. The molecule has 4 aromatic rings. The molecule has 3 aromatic heterocycles. The van der Waals surface area contributed by atoms with Crippen LogP contribution in [0.1, 0.15) is 35.9 Å². The van der Waals surface area contributed by atoms with Crippen LogP contribution in [0.2, 0.25) is 0 Å². The van der Waals surface area contributed by atoms with Gasteiger partial charge in [-0.15, -0.1) is 0 Å². The number of imidazole rings is 1. The fourth-order valence-corrected chi connectivity index (χ4v) is 5.30. The minimum Gasteiger partial charge on any atom is -0.382 e. The number of nitrogen functional groups attached to an aromatic ring is 1. The normalized spacial score (nSPS) is 19.9. The Morgan fingerprint density at radius 3 is 2.69 bits per heavy atom. The smallest absolute Gasteiger partial charge is 0.299 e. The SMILES string of the molecule is CC#CC(=O)N1CCC2CC21c1nc(-c2ccc(C(=O)Nc3ccccn3)cc2)c2c(N)nccn12. The maximum atomic E-state index is 12.8. The van der Waals surface area contributed by atoms with Gasteiger partial charge in [-0.05, 0) is 55.9 Å². The lowest BCUT2D eigenvalue weighted by Crippen LogP contribution is -2.38. The van der Waals surface area contributed by atoms with E-state index in [0.717, 1.165) is 24.2 Å². The van der Waals surface area contributed by atoms with E-state index in [4.69, 9.17) is 10.7 Å². The number of anilines is 2. The standard InChI is InChI=1S/C27H23N7O2/c1-2-5-21(35)34-14-11-19-16-27(19,34)26-32-22(23-24(28)30-13-15-33(23)26)17-7-9-18(10-8-17)25(36)31-20-6-3-4-12-29-20/h3-4,6-10,12-13,15,19H,11,14,16H2,1H3,(H2,28,30)(H,29,31,36). The van der Waals surface area contributed by atoms with Gasteiger partial charge in [0, 0.05) is 36.3 Å². The van der Waals surface area contributed by atoms with Gasteiger partial charge in [0.05, 0.1) is 0 Å². The van der Waals surface area contributed by atoms with Gasteiger partial charge in [0.1, 0.15) is 34.2 Å². The summed E-state index contributed by atoms with van der Waals surface area (Å²) in [5.74, 6) is 6.92. The first-order chi connectivity index (χ1) is 17.5. The molecule has 9 nitrogen and oxygen atoms in total. The molecule has 1 aliphatic carbocycles. The van der Waals surface area contributed by atoms with Gasteiger partial charge >= 0.3 is 0 Å². The van der Waals surface area contributed by atoms with E-state index in [1.54, 1.807) is 43.6 Å². The second-order valence-electron chi connectivity index (χ2n) is 9.01. The van der Waals surface area contributed by atoms with Gasteiger partial charge in [-0.3, -0.25) is 14.0 Å². The summed E-state index contributed by atoms with van der Waals surface area (Å²) in [6, 6.07) is 12.5. The summed E-state index contributed by atoms with van der Waals surface area (Å²) in [7, 11) is 0. The van der Waals surface area contributed by atoms with Crippen molar-refractivity contribution in [2.24, 2.45) is 5.92 Å². The number of hydrogen-bond donors (Lipinski definition) is 2. The van der Waals surface area contributed by atoms with Crippen LogP contribution in [-0.4, -0.2) is 42.6 Å². The lowest BCUT2D eigenvalue weighted by Gasteiger charge is -2.25. The number of piperidine rings is 1. The predicted molar refractivity (Wildman–Crippen MR) is 135 cm³/mol. The lowest BCUT2D eigenvalue weighted by atomic mass is 10.1. The van der Waals surface area contributed by atoms with E-state index >= 15 is 0 Å². The quantitative estimate of drug-likeness (QED) is 0.436. The number of nitrogens with zero attached hydrogens (tertiary/aromatic N) is 5. The van der Waals surface area contributed by atoms with Crippen LogP contribution in [0.4, 0.5) is 11.6 Å². The average Bonchev–Trinajstić information content (AvgIpc) is 3.28. The molecule has 1 aliphatic heterocycles. The highest BCUT2D eigenvalue weighted by Crippen LogP contribution is 2.62. The van der Waals surface area contributed by atoms with Crippen molar-refractivity contribution < 1.29 is 9.59 Å². The first-order valence-corrected chi connectivity index (χ1v) is 11.7. The minimum absolute atomic E-state index is 0.180. The maximum absolute atomic E-state index is 12.8. The number of hydrogen-bond acceptors (Lipinski definition) is 6. The Labute approximate surface area is 207 Å². The van der Waals surface area contributed by atoms with Crippen LogP contribution in [0.15, 0.2) is 61.1 Å². The van der Waals surface area contributed by atoms with Crippen molar-refractivity contribution in [2.75, 3.05) is 17.6 Å². The molecule has 0 spiro atoms. The summed E-state index contributed by atoms with van der Waals surface area (Å²) in [4.78, 5) is 40.8. The second-order valence-corrected chi connectivity index (χ2v) is 9.01. The van der Waals surface area contributed by atoms with E-state index in [9.17, 15) is 9.59 Å². The van der Waals surface area contributed by atoms with Gasteiger partial charge in [0.15, 0.2) is 0 Å². The Morgan fingerprint density at radius 2 is 1.97 bits per heavy atom. The van der Waals surface area contributed by atoms with E-state index < -0.39 is 5.54 Å². The molecule has 2 atom stereocenters. The Kier molecular flexibility index (Phi) is 4.97. The van der Waals surface area contributed by atoms with Crippen molar-refractivity contribution in [3.8, 4) is 23.1 Å². The number of likely N-dealkylation sites (tertiary alicyclic amines) is 1. The van der Waals surface area contributed by atoms with Crippen LogP contribution >= 0.6 is 0 Å². The molecule has 0 radical (unpaired) electrons. The van der Waals surface area contributed by atoms with Gasteiger partial charge in [-0.25, -0.2) is 15.0 Å². The van der Waals surface area contributed by atoms with Gasteiger partial charge in [0.2, 0.25) is 0 Å². The molecule has 2 fully saturated rings. The molecule has 4 heterocycles. The number of nitrogens with two attached hydrogens (primary N) is 1. The summed E-state index contributed by atoms with van der Waals surface area (Å²) >= 11 is 0. The zero-order valence-electron chi connectivity index (χ0n) is 19.6. The topological polar surface area (TPSA) is 119 Å². The highest BCUT2D eigenvalue weighted by Gasteiger charge is 2.66. The molecule has 178 valence electrons. The summed E-state index contributed by atoms with van der Waals surface area (Å²) < 4.78 is 1.95. The van der Waals surface area contributed by atoms with Crippen molar-refractivity contribution in [1.29, 1.82) is 0 Å². The summed E-state index contributed by atoms with van der Waals surface area (Å²) in [6.45, 7) is 2.32. The van der Waals surface area contributed by atoms with E-state index in [-0.39, 0.29) is 11.8 Å².